The SMILES string of the molecule is N#Cc1c(C#N)c2c(c(N3c4ccccc4Oc4c3ccc3c4c4ccccc4n3-c3ccccc3)c1C#N)C1(OCc3ccccc3-c3ccccc3C2)c2ccccc2-c2ccccc21. The zero-order valence-corrected chi connectivity index (χ0v) is 35.9. The summed E-state index contributed by atoms with van der Waals surface area (Å²) >= 11 is 0. The van der Waals surface area contributed by atoms with Gasteiger partial charge < -0.3 is 18.9 Å². The summed E-state index contributed by atoms with van der Waals surface area (Å²) in [5.41, 5.74) is 12.6. The van der Waals surface area contributed by atoms with Gasteiger partial charge in [0.1, 0.15) is 23.8 Å². The van der Waals surface area contributed by atoms with Gasteiger partial charge in [0.2, 0.25) is 0 Å². The van der Waals surface area contributed by atoms with Gasteiger partial charge in [-0.3, -0.25) is 0 Å². The maximum absolute atomic E-state index is 11.7. The van der Waals surface area contributed by atoms with E-state index in [1.807, 2.05) is 103 Å². The van der Waals surface area contributed by atoms with Gasteiger partial charge in [0.05, 0.1) is 56.8 Å². The predicted molar refractivity (Wildman–Crippen MR) is 261 cm³/mol. The monoisotopic (exact) mass is 857 g/mol. The first-order chi connectivity index (χ1) is 33.1. The van der Waals surface area contributed by atoms with Crippen LogP contribution in [0.1, 0.15) is 50.1 Å². The standard InChI is InChI=1S/C60H35N5O2/c61-33-46-45-32-37-16-4-6-20-40(37)41-21-7-5-17-38(41)36-66-60(49-25-11-8-22-42(49)43-23-9-12-26-50(43)60)57(45)58(48(35-63)47(46)34-62)65-52-28-14-15-29-55(52)67-59-54(65)31-30-53-56(59)44-24-10-13-27-51(44)64(53)39-18-2-1-3-19-39/h1-31H,32,36H2. The van der Waals surface area contributed by atoms with Crippen LogP contribution in [0.4, 0.5) is 17.1 Å². The molecule has 0 atom stereocenters. The maximum Gasteiger partial charge on any atom is 0.161 e. The highest BCUT2D eigenvalue weighted by Gasteiger charge is 2.52. The summed E-state index contributed by atoms with van der Waals surface area (Å²) in [6.07, 6.45) is 0.258. The Balaban J connectivity index is 1.23. The summed E-state index contributed by atoms with van der Waals surface area (Å²) in [5, 5.41) is 36.5. The van der Waals surface area contributed by atoms with Crippen LogP contribution in [0, 0.1) is 34.0 Å². The van der Waals surface area contributed by atoms with Crippen molar-refractivity contribution in [2.45, 2.75) is 18.6 Å². The molecule has 1 aromatic heterocycles. The highest BCUT2D eigenvalue weighted by Crippen LogP contribution is 2.62. The molecule has 0 radical (unpaired) electrons. The van der Waals surface area contributed by atoms with Gasteiger partial charge in [0.25, 0.3) is 0 Å². The molecule has 2 aliphatic heterocycles. The fourth-order valence-corrected chi connectivity index (χ4v) is 11.2. The van der Waals surface area contributed by atoms with E-state index in [4.69, 9.17) is 9.47 Å². The minimum atomic E-state index is -1.40. The second kappa shape index (κ2) is 14.7. The number of fused-ring (bicyclic) bond motifs is 16. The molecule has 0 unspecified atom stereocenters. The van der Waals surface area contributed by atoms with Crippen molar-refractivity contribution in [3.8, 4) is 57.6 Å². The quantitative estimate of drug-likeness (QED) is 0.172. The number of hydrogen-bond donors (Lipinski definition) is 0. The number of anilines is 3. The fraction of sp³-hybridized carbons (Fsp3) is 0.0500. The first-order valence-electron chi connectivity index (χ1n) is 22.3. The Labute approximate surface area is 386 Å². The molecule has 312 valence electrons. The van der Waals surface area contributed by atoms with Crippen LogP contribution in [0.5, 0.6) is 11.5 Å². The number of nitriles is 3. The third kappa shape index (κ3) is 5.28. The van der Waals surface area contributed by atoms with Crippen molar-refractivity contribution in [2.75, 3.05) is 4.90 Å². The van der Waals surface area contributed by atoms with E-state index in [0.29, 0.717) is 39.7 Å². The van der Waals surface area contributed by atoms with Gasteiger partial charge >= 0.3 is 0 Å². The van der Waals surface area contributed by atoms with E-state index >= 15 is 0 Å². The van der Waals surface area contributed by atoms with Gasteiger partial charge in [-0.1, -0.05) is 146 Å². The van der Waals surface area contributed by atoms with Crippen LogP contribution in [0.15, 0.2) is 188 Å². The molecule has 7 nitrogen and oxygen atoms in total. The summed E-state index contributed by atoms with van der Waals surface area (Å²) in [6.45, 7) is 0.186. The van der Waals surface area contributed by atoms with E-state index in [-0.39, 0.29) is 29.7 Å². The summed E-state index contributed by atoms with van der Waals surface area (Å²) < 4.78 is 17.2. The molecule has 7 heteroatoms. The van der Waals surface area contributed by atoms with Gasteiger partial charge in [0, 0.05) is 27.8 Å². The van der Waals surface area contributed by atoms with Gasteiger partial charge in [-0.2, -0.15) is 15.8 Å². The molecule has 9 aromatic carbocycles. The third-order valence-corrected chi connectivity index (χ3v) is 13.9. The Morgan fingerprint density at radius 3 is 1.82 bits per heavy atom. The summed E-state index contributed by atoms with van der Waals surface area (Å²) in [7, 11) is 0. The normalized spacial score (nSPS) is 13.7. The molecule has 0 saturated carbocycles. The third-order valence-electron chi connectivity index (χ3n) is 13.9. The minimum Gasteiger partial charge on any atom is -0.452 e. The fourth-order valence-electron chi connectivity index (χ4n) is 11.2. The Hall–Kier alpha value is -9.19. The Kier molecular flexibility index (Phi) is 8.39. The van der Waals surface area contributed by atoms with Crippen molar-refractivity contribution in [1.82, 2.24) is 4.57 Å². The number of benzene rings is 9. The van der Waals surface area contributed by atoms with Crippen molar-refractivity contribution in [3.63, 3.8) is 0 Å². The first kappa shape index (κ1) is 38.3. The molecule has 1 aliphatic carbocycles. The Morgan fingerprint density at radius 2 is 1.09 bits per heavy atom. The predicted octanol–water partition coefficient (Wildman–Crippen LogP) is 14.0. The topological polar surface area (TPSA) is 98.0 Å². The number of aromatic nitrogens is 1. The number of hydrogen-bond acceptors (Lipinski definition) is 6. The smallest absolute Gasteiger partial charge is 0.161 e. The number of para-hydroxylation sites is 4. The summed E-state index contributed by atoms with van der Waals surface area (Å²) in [4.78, 5) is 2.10. The van der Waals surface area contributed by atoms with E-state index in [0.717, 1.165) is 72.0 Å². The van der Waals surface area contributed by atoms with E-state index in [2.05, 4.69) is 113 Å². The van der Waals surface area contributed by atoms with Crippen LogP contribution < -0.4 is 9.64 Å². The molecule has 3 aliphatic rings. The molecule has 10 aromatic rings. The molecular weight excluding hydrogens is 823 g/mol. The van der Waals surface area contributed by atoms with Crippen LogP contribution in [0.25, 0.3) is 49.7 Å². The van der Waals surface area contributed by atoms with Crippen molar-refractivity contribution in [3.05, 3.63) is 238 Å². The average molecular weight is 858 g/mol. The van der Waals surface area contributed by atoms with Gasteiger partial charge in [-0.05, 0) is 87.8 Å². The Bertz CT molecular complexity index is 3840. The van der Waals surface area contributed by atoms with Crippen molar-refractivity contribution in [1.29, 1.82) is 15.8 Å². The van der Waals surface area contributed by atoms with Crippen molar-refractivity contribution in [2.24, 2.45) is 0 Å². The molecule has 3 heterocycles. The van der Waals surface area contributed by atoms with E-state index in [1.165, 1.54) is 0 Å². The van der Waals surface area contributed by atoms with E-state index < -0.39 is 5.60 Å². The average Bonchev–Trinajstić information content (AvgIpc) is 3.88. The lowest BCUT2D eigenvalue weighted by Crippen LogP contribution is -2.35. The zero-order chi connectivity index (χ0) is 44.8. The summed E-state index contributed by atoms with van der Waals surface area (Å²) in [6, 6.07) is 71.2. The molecule has 13 rings (SSSR count). The molecule has 0 fully saturated rings. The zero-order valence-electron chi connectivity index (χ0n) is 35.9. The van der Waals surface area contributed by atoms with Gasteiger partial charge in [-0.25, -0.2) is 0 Å². The van der Waals surface area contributed by atoms with Crippen LogP contribution >= 0.6 is 0 Å². The van der Waals surface area contributed by atoms with Gasteiger partial charge in [-0.15, -0.1) is 0 Å². The lowest BCUT2D eigenvalue weighted by molar-refractivity contribution is 0.00343. The molecule has 0 saturated heterocycles. The number of ether oxygens (including phenoxy) is 2. The lowest BCUT2D eigenvalue weighted by atomic mass is 9.74. The van der Waals surface area contributed by atoms with Crippen molar-refractivity contribution >= 4 is 38.9 Å². The van der Waals surface area contributed by atoms with Gasteiger partial charge in [0.15, 0.2) is 11.5 Å². The highest BCUT2D eigenvalue weighted by molar-refractivity contribution is 6.15. The number of rotatable bonds is 2. The molecule has 67 heavy (non-hydrogen) atoms. The lowest BCUT2D eigenvalue weighted by Gasteiger charge is -2.42. The molecular formula is C60H35N5O2. The minimum absolute atomic E-state index is 0.00990. The van der Waals surface area contributed by atoms with Crippen LogP contribution in [-0.2, 0) is 23.4 Å². The van der Waals surface area contributed by atoms with Crippen LogP contribution in [-0.4, -0.2) is 4.57 Å². The first-order valence-corrected chi connectivity index (χ1v) is 22.3. The van der Waals surface area contributed by atoms with Crippen LogP contribution in [0.2, 0.25) is 0 Å². The largest absolute Gasteiger partial charge is 0.452 e. The summed E-state index contributed by atoms with van der Waals surface area (Å²) in [5.74, 6) is 1.17. The molecule has 0 amide bonds. The van der Waals surface area contributed by atoms with E-state index in [1.54, 1.807) is 0 Å². The second-order valence-corrected chi connectivity index (χ2v) is 17.1. The molecule has 0 N–H and O–H groups in total. The van der Waals surface area contributed by atoms with Crippen molar-refractivity contribution < 1.29 is 9.47 Å². The Morgan fingerprint density at radius 1 is 0.493 bits per heavy atom. The van der Waals surface area contributed by atoms with Crippen LogP contribution in [0.3, 0.4) is 0 Å². The second-order valence-electron chi connectivity index (χ2n) is 17.1. The molecule has 0 bridgehead atoms. The number of nitrogens with zero attached hydrogens (tertiary/aromatic N) is 5. The maximum atomic E-state index is 11.7. The highest BCUT2D eigenvalue weighted by atomic mass is 16.5. The molecule has 1 spiro atoms. The van der Waals surface area contributed by atoms with E-state index in [9.17, 15) is 15.8 Å².